The molecule has 20 nitrogen and oxygen atoms in total. The summed E-state index contributed by atoms with van der Waals surface area (Å²) in [6.45, 7) is 0.210. The largest absolute Gasteiger partial charge is 0.462 e. The Morgan fingerprint density at radius 3 is 0.652 bits per heavy atom. The maximum absolute atomic E-state index is 13.2. The van der Waals surface area contributed by atoms with E-state index in [2.05, 4.69) is 44.2 Å². The van der Waals surface area contributed by atoms with Crippen LogP contribution < -0.4 is 37.9 Å². The zero-order valence-corrected chi connectivity index (χ0v) is 50.6. The summed E-state index contributed by atoms with van der Waals surface area (Å²) in [5.41, 5.74) is 8.92. The number of pyridine rings is 4. The van der Waals surface area contributed by atoms with Gasteiger partial charge in [-0.05, 0) is 150 Å². The first-order valence-electron chi connectivity index (χ1n) is 31.3. The van der Waals surface area contributed by atoms with Gasteiger partial charge in [0.05, 0.1) is 48.7 Å². The number of ether oxygens (including phenoxy) is 12. The quantitative estimate of drug-likeness (QED) is 0.0311. The molecule has 13 rings (SSSR count). The Bertz CT molecular complexity index is 3320. The molecule has 0 radical (unpaired) electrons. The molecule has 8 bridgehead atoms. The van der Waals surface area contributed by atoms with Gasteiger partial charge >= 0.3 is 23.9 Å². The molecular formula is C72H68N4O16. The molecule has 0 saturated heterocycles. The van der Waals surface area contributed by atoms with E-state index in [4.69, 9.17) is 56.8 Å². The lowest BCUT2D eigenvalue weighted by Gasteiger charge is -2.35. The number of carbonyl (C=O) groups is 4. The van der Waals surface area contributed by atoms with Gasteiger partial charge in [-0.3, -0.25) is 19.9 Å². The summed E-state index contributed by atoms with van der Waals surface area (Å²) in [7, 11) is 0. The topological polar surface area (TPSA) is 231 Å². The lowest BCUT2D eigenvalue weighted by atomic mass is 9.76. The van der Waals surface area contributed by atoms with Crippen LogP contribution in [-0.2, 0) is 18.9 Å². The fourth-order valence-electron chi connectivity index (χ4n) is 12.8. The fraction of sp³-hybridized carbons (Fsp3) is 0.333. The van der Waals surface area contributed by atoms with Crippen molar-refractivity contribution in [3.63, 3.8) is 0 Å². The van der Waals surface area contributed by atoms with E-state index in [-0.39, 0.29) is 77.3 Å². The number of carbonyl (C=O) groups excluding carboxylic acids is 4. The van der Waals surface area contributed by atoms with Gasteiger partial charge in [-0.25, -0.2) is 19.2 Å². The predicted octanol–water partition coefficient (Wildman–Crippen LogP) is 13.1. The van der Waals surface area contributed by atoms with Gasteiger partial charge in [-0.1, -0.05) is 0 Å². The standard InChI is InChI=1S/C72H68N4O16/c77-69(45-13-21-73-22-14-45)81-29-5-1-9-49-53-33-55-50(10-2-6-30-82-70(78)46-15-23-74-24-16-46)57-35-59-52(12-4-8-32-84-72(80)48-19-27-76-28-20-48)60-36-58-51(11-3-7-31-83-71(79)47-17-25-75-26-18-47)56-34-54(49)62-38-64(56)88-43-90-66(58)40-68(60)92-44-91-67(59)39-65(57)89-42-87-63(55)37-61(53)85-41-86-62/h13-28,33-40,49-52H,1-12,29-32,41-44H2. The van der Waals surface area contributed by atoms with Crippen molar-refractivity contribution >= 4 is 23.9 Å². The molecular weight excluding hydrogens is 1180 g/mol. The number of hydrogen-bond donors (Lipinski definition) is 0. The zero-order chi connectivity index (χ0) is 62.6. The van der Waals surface area contributed by atoms with E-state index in [0.717, 1.165) is 44.5 Å². The molecule has 0 unspecified atom stereocenters. The number of aromatic nitrogens is 4. The molecule has 4 aromatic carbocycles. The van der Waals surface area contributed by atoms with Crippen molar-refractivity contribution in [2.75, 3.05) is 53.6 Å². The van der Waals surface area contributed by atoms with Gasteiger partial charge < -0.3 is 56.8 Å². The van der Waals surface area contributed by atoms with Crippen molar-refractivity contribution < 1.29 is 76.0 Å². The number of rotatable bonds is 24. The minimum Gasteiger partial charge on any atom is -0.462 e. The van der Waals surface area contributed by atoms with Crippen molar-refractivity contribution in [3.8, 4) is 46.0 Å². The normalized spacial score (nSPS) is 16.8. The summed E-state index contributed by atoms with van der Waals surface area (Å²) >= 11 is 0. The number of hydrogen-bond acceptors (Lipinski definition) is 20. The van der Waals surface area contributed by atoms with Crippen molar-refractivity contribution in [1.82, 2.24) is 19.9 Å². The average Bonchev–Trinajstić information content (AvgIpc) is 0.763. The Hall–Kier alpha value is -10.2. The van der Waals surface area contributed by atoms with E-state index in [1.165, 1.54) is 0 Å². The SMILES string of the molecule is O=C(OCCCCC1c2cc3c4cc2OCOc2cc5c(cc21)C(CCCCOC(=O)c1ccncc1)c1cc2c(cc1OCO5)OCOc1cc(c(cc1C2CCCCOC(=O)c1ccncc1)C3CCCCOC(=O)c1ccncc1)OCO4)c1ccncc1. The Balaban J connectivity index is 0.936. The monoisotopic (exact) mass is 1240 g/mol. The lowest BCUT2D eigenvalue weighted by Crippen LogP contribution is -2.22. The van der Waals surface area contributed by atoms with Crippen molar-refractivity contribution in [1.29, 1.82) is 0 Å². The molecule has 8 aromatic rings. The maximum Gasteiger partial charge on any atom is 0.338 e. The summed E-state index contributed by atoms with van der Waals surface area (Å²) in [6, 6.07) is 29.7. The van der Waals surface area contributed by atoms with Gasteiger partial charge in [0.1, 0.15) is 46.0 Å². The van der Waals surface area contributed by atoms with E-state index in [0.29, 0.717) is 145 Å². The van der Waals surface area contributed by atoms with E-state index in [9.17, 15) is 19.2 Å². The van der Waals surface area contributed by atoms with E-state index >= 15 is 0 Å². The molecule has 0 N–H and O–H groups in total. The smallest absolute Gasteiger partial charge is 0.338 e. The number of esters is 4. The average molecular weight is 1250 g/mol. The van der Waals surface area contributed by atoms with Gasteiger partial charge in [-0.2, -0.15) is 0 Å². The highest BCUT2D eigenvalue weighted by Gasteiger charge is 2.37. The predicted molar refractivity (Wildman–Crippen MR) is 331 cm³/mol. The van der Waals surface area contributed by atoms with Crippen LogP contribution in [-0.4, -0.2) is 97.4 Å². The first kappa shape index (κ1) is 60.7. The molecule has 20 heteroatoms. The van der Waals surface area contributed by atoms with Crippen LogP contribution in [0.15, 0.2) is 147 Å². The minimum absolute atomic E-state index is 0.135. The third-order valence-electron chi connectivity index (χ3n) is 17.4. The molecule has 8 heterocycles. The first-order chi connectivity index (χ1) is 45.3. The van der Waals surface area contributed by atoms with E-state index in [1.807, 2.05) is 24.3 Å². The third kappa shape index (κ3) is 13.7. The summed E-state index contributed by atoms with van der Waals surface area (Å²) in [5, 5.41) is 0. The van der Waals surface area contributed by atoms with Crippen molar-refractivity contribution in [3.05, 3.63) is 213 Å². The second kappa shape index (κ2) is 28.7. The van der Waals surface area contributed by atoms with Crippen LogP contribution in [0, 0.1) is 0 Å². The summed E-state index contributed by atoms with van der Waals surface area (Å²) in [5.74, 6) is 1.43. The van der Waals surface area contributed by atoms with Crippen molar-refractivity contribution in [2.45, 2.75) is 101 Å². The summed E-state index contributed by atoms with van der Waals surface area (Å²) in [6.07, 6.45) is 19.6. The zero-order valence-electron chi connectivity index (χ0n) is 50.6. The fourth-order valence-corrected chi connectivity index (χ4v) is 12.8. The van der Waals surface area contributed by atoms with Crippen molar-refractivity contribution in [2.24, 2.45) is 0 Å². The van der Waals surface area contributed by atoms with Crippen LogP contribution in [0.3, 0.4) is 0 Å². The molecule has 472 valence electrons. The maximum atomic E-state index is 13.2. The van der Waals surface area contributed by atoms with E-state index in [1.54, 1.807) is 98.1 Å². The van der Waals surface area contributed by atoms with Crippen LogP contribution in [0.1, 0.15) is 187 Å². The third-order valence-corrected chi connectivity index (χ3v) is 17.4. The van der Waals surface area contributed by atoms with Crippen LogP contribution in [0.2, 0.25) is 0 Å². The highest BCUT2D eigenvalue weighted by atomic mass is 16.7. The molecule has 0 fully saturated rings. The molecule has 0 saturated carbocycles. The highest BCUT2D eigenvalue weighted by molar-refractivity contribution is 5.90. The van der Waals surface area contributed by atoms with Crippen LogP contribution in [0.5, 0.6) is 46.0 Å². The molecule has 4 aromatic heterocycles. The molecule has 5 aliphatic rings. The van der Waals surface area contributed by atoms with Gasteiger partial charge in [0.25, 0.3) is 0 Å². The molecule has 0 atom stereocenters. The molecule has 0 amide bonds. The molecule has 0 spiro atoms. The Kier molecular flexibility index (Phi) is 18.9. The molecule has 1 aliphatic carbocycles. The summed E-state index contributed by atoms with van der Waals surface area (Å²) in [4.78, 5) is 68.9. The Morgan fingerprint density at radius 2 is 0.467 bits per heavy atom. The minimum atomic E-state index is -0.424. The number of benzene rings is 4. The van der Waals surface area contributed by atoms with Crippen LogP contribution in [0.4, 0.5) is 0 Å². The van der Waals surface area contributed by atoms with Gasteiger partial charge in [0, 0.05) is 142 Å². The second-order valence-corrected chi connectivity index (χ2v) is 23.0. The molecule has 92 heavy (non-hydrogen) atoms. The highest BCUT2D eigenvalue weighted by Crippen LogP contribution is 2.55. The number of nitrogens with zero attached hydrogens (tertiary/aromatic N) is 4. The van der Waals surface area contributed by atoms with Crippen LogP contribution in [0.25, 0.3) is 0 Å². The van der Waals surface area contributed by atoms with Gasteiger partial charge in [0.15, 0.2) is 0 Å². The van der Waals surface area contributed by atoms with E-state index < -0.39 is 23.9 Å². The lowest BCUT2D eigenvalue weighted by molar-refractivity contribution is 0.0488. The van der Waals surface area contributed by atoms with Gasteiger partial charge in [-0.15, -0.1) is 0 Å². The Labute approximate surface area is 531 Å². The Morgan fingerprint density at radius 1 is 0.283 bits per heavy atom. The number of unbranched alkanes of at least 4 members (excludes halogenated alkanes) is 4. The second-order valence-electron chi connectivity index (χ2n) is 23.0. The van der Waals surface area contributed by atoms with Gasteiger partial charge in [0.2, 0.25) is 27.2 Å². The van der Waals surface area contributed by atoms with Crippen LogP contribution >= 0.6 is 0 Å². The first-order valence-corrected chi connectivity index (χ1v) is 31.3. The molecule has 4 aliphatic heterocycles. The summed E-state index contributed by atoms with van der Waals surface area (Å²) < 4.78 is 76.6.